The highest BCUT2D eigenvalue weighted by atomic mass is 15.2. The molecular weight excluding hydrogens is 236 g/mol. The van der Waals surface area contributed by atoms with Gasteiger partial charge < -0.3 is 5.32 Å². The van der Waals surface area contributed by atoms with Crippen LogP contribution in [0.2, 0.25) is 0 Å². The molecule has 104 valence electrons. The van der Waals surface area contributed by atoms with Crippen molar-refractivity contribution in [2.24, 2.45) is 0 Å². The van der Waals surface area contributed by atoms with Gasteiger partial charge in [-0.25, -0.2) is 9.97 Å². The van der Waals surface area contributed by atoms with Crippen LogP contribution in [-0.2, 0) is 0 Å². The molecule has 1 atom stereocenters. The highest BCUT2D eigenvalue weighted by molar-refractivity contribution is 5.37. The molecule has 0 amide bonds. The predicted octanol–water partition coefficient (Wildman–Crippen LogP) is 2.56. The number of anilines is 1. The number of nitrogens with zero attached hydrogens (tertiary/aromatic N) is 3. The van der Waals surface area contributed by atoms with Crippen LogP contribution in [-0.4, -0.2) is 40.0 Å². The van der Waals surface area contributed by atoms with Crippen molar-refractivity contribution >= 4 is 5.82 Å². The van der Waals surface area contributed by atoms with E-state index in [0.29, 0.717) is 12.0 Å². The van der Waals surface area contributed by atoms with Gasteiger partial charge in [0.2, 0.25) is 0 Å². The van der Waals surface area contributed by atoms with E-state index in [9.17, 15) is 0 Å². The van der Waals surface area contributed by atoms with Gasteiger partial charge in [-0.05, 0) is 26.2 Å². The third kappa shape index (κ3) is 3.06. The molecule has 2 heterocycles. The van der Waals surface area contributed by atoms with Gasteiger partial charge >= 0.3 is 0 Å². The van der Waals surface area contributed by atoms with Crippen LogP contribution >= 0.6 is 0 Å². The third-order valence-electron chi connectivity index (χ3n) is 4.02. The second-order valence-corrected chi connectivity index (χ2v) is 6.26. The number of aromatic nitrogens is 2. The van der Waals surface area contributed by atoms with Gasteiger partial charge in [-0.15, -0.1) is 0 Å². The summed E-state index contributed by atoms with van der Waals surface area (Å²) in [7, 11) is 0. The van der Waals surface area contributed by atoms with Crippen molar-refractivity contribution in [1.82, 2.24) is 14.9 Å². The molecule has 19 heavy (non-hydrogen) atoms. The van der Waals surface area contributed by atoms with Gasteiger partial charge in [0, 0.05) is 42.9 Å². The fraction of sp³-hybridized carbons (Fsp3) is 0.733. The summed E-state index contributed by atoms with van der Waals surface area (Å²) in [6.07, 6.45) is 4.03. The Balaban J connectivity index is 1.66. The van der Waals surface area contributed by atoms with Crippen LogP contribution < -0.4 is 5.32 Å². The van der Waals surface area contributed by atoms with E-state index in [0.717, 1.165) is 23.4 Å². The Morgan fingerprint density at radius 3 is 2.74 bits per heavy atom. The first-order valence-corrected chi connectivity index (χ1v) is 7.48. The SMILES string of the molecule is Cc1cc(NC2CCN(C3CC3)C2)nc(C(C)C)n1. The summed E-state index contributed by atoms with van der Waals surface area (Å²) in [6, 6.07) is 3.49. The van der Waals surface area contributed by atoms with Crippen molar-refractivity contribution in [2.75, 3.05) is 18.4 Å². The van der Waals surface area contributed by atoms with Crippen molar-refractivity contribution in [3.05, 3.63) is 17.6 Å². The zero-order valence-electron chi connectivity index (χ0n) is 12.2. The minimum Gasteiger partial charge on any atom is -0.366 e. The second-order valence-electron chi connectivity index (χ2n) is 6.26. The lowest BCUT2D eigenvalue weighted by atomic mass is 10.2. The quantitative estimate of drug-likeness (QED) is 0.903. The molecule has 1 aromatic rings. The lowest BCUT2D eigenvalue weighted by Crippen LogP contribution is -2.28. The lowest BCUT2D eigenvalue weighted by molar-refractivity contribution is 0.326. The fourth-order valence-electron chi connectivity index (χ4n) is 2.81. The maximum Gasteiger partial charge on any atom is 0.133 e. The molecule has 1 aliphatic heterocycles. The van der Waals surface area contributed by atoms with E-state index in [1.165, 1.54) is 32.4 Å². The van der Waals surface area contributed by atoms with Crippen molar-refractivity contribution in [3.8, 4) is 0 Å². The smallest absolute Gasteiger partial charge is 0.133 e. The van der Waals surface area contributed by atoms with E-state index in [4.69, 9.17) is 0 Å². The Bertz CT molecular complexity index is 453. The van der Waals surface area contributed by atoms with Gasteiger partial charge in [-0.2, -0.15) is 0 Å². The lowest BCUT2D eigenvalue weighted by Gasteiger charge is -2.17. The predicted molar refractivity (Wildman–Crippen MR) is 77.5 cm³/mol. The fourth-order valence-corrected chi connectivity index (χ4v) is 2.81. The Morgan fingerprint density at radius 2 is 2.05 bits per heavy atom. The van der Waals surface area contributed by atoms with E-state index in [1.54, 1.807) is 0 Å². The molecule has 4 heteroatoms. The van der Waals surface area contributed by atoms with Crippen LogP contribution in [0.25, 0.3) is 0 Å². The van der Waals surface area contributed by atoms with Crippen LogP contribution in [0.1, 0.15) is 50.5 Å². The topological polar surface area (TPSA) is 41.0 Å². The molecule has 2 fully saturated rings. The minimum absolute atomic E-state index is 0.381. The maximum atomic E-state index is 4.64. The number of hydrogen-bond donors (Lipinski definition) is 1. The Kier molecular flexibility index (Phi) is 3.44. The molecule has 0 radical (unpaired) electrons. The van der Waals surface area contributed by atoms with E-state index in [-0.39, 0.29) is 0 Å². The van der Waals surface area contributed by atoms with Crippen LogP contribution in [0.5, 0.6) is 0 Å². The van der Waals surface area contributed by atoms with E-state index >= 15 is 0 Å². The number of hydrogen-bond acceptors (Lipinski definition) is 4. The normalized spacial score (nSPS) is 24.1. The standard InChI is InChI=1S/C15H24N4/c1-10(2)15-16-11(3)8-14(18-15)17-12-6-7-19(9-12)13-4-5-13/h8,10,12-13H,4-7,9H2,1-3H3,(H,16,17,18). The highest BCUT2D eigenvalue weighted by Crippen LogP contribution is 2.30. The minimum atomic E-state index is 0.381. The van der Waals surface area contributed by atoms with Crippen LogP contribution in [0.15, 0.2) is 6.07 Å². The second kappa shape index (κ2) is 5.08. The zero-order valence-corrected chi connectivity index (χ0v) is 12.2. The molecule has 1 saturated carbocycles. The van der Waals surface area contributed by atoms with E-state index in [1.807, 2.05) is 6.92 Å². The molecule has 4 nitrogen and oxygen atoms in total. The largest absolute Gasteiger partial charge is 0.366 e. The van der Waals surface area contributed by atoms with Crippen molar-refractivity contribution in [2.45, 2.75) is 58.0 Å². The summed E-state index contributed by atoms with van der Waals surface area (Å²) < 4.78 is 0. The Morgan fingerprint density at radius 1 is 1.26 bits per heavy atom. The average Bonchev–Trinajstić information content (AvgIpc) is 3.10. The maximum absolute atomic E-state index is 4.64. The molecule has 1 unspecified atom stereocenters. The number of nitrogens with one attached hydrogen (secondary N) is 1. The van der Waals surface area contributed by atoms with Gasteiger partial charge in [-0.1, -0.05) is 13.8 Å². The summed E-state index contributed by atoms with van der Waals surface area (Å²) >= 11 is 0. The molecule has 1 saturated heterocycles. The summed E-state index contributed by atoms with van der Waals surface area (Å²) in [6.45, 7) is 8.74. The first kappa shape index (κ1) is 12.9. The number of rotatable bonds is 4. The summed E-state index contributed by atoms with van der Waals surface area (Å²) in [4.78, 5) is 11.8. The molecule has 1 aromatic heterocycles. The molecule has 0 spiro atoms. The summed E-state index contributed by atoms with van der Waals surface area (Å²) in [5.41, 5.74) is 1.05. The van der Waals surface area contributed by atoms with Crippen LogP contribution in [0.3, 0.4) is 0 Å². The third-order valence-corrected chi connectivity index (χ3v) is 4.02. The number of aryl methyl sites for hydroxylation is 1. The van der Waals surface area contributed by atoms with Crippen molar-refractivity contribution in [3.63, 3.8) is 0 Å². The molecular formula is C15H24N4. The summed E-state index contributed by atoms with van der Waals surface area (Å²) in [5.74, 6) is 2.32. The molecule has 0 aromatic carbocycles. The first-order valence-electron chi connectivity index (χ1n) is 7.48. The Labute approximate surface area is 115 Å². The average molecular weight is 260 g/mol. The molecule has 0 bridgehead atoms. The molecule has 1 N–H and O–H groups in total. The van der Waals surface area contributed by atoms with Crippen molar-refractivity contribution < 1.29 is 0 Å². The van der Waals surface area contributed by atoms with Gasteiger partial charge in [0.15, 0.2) is 0 Å². The molecule has 2 aliphatic rings. The monoisotopic (exact) mass is 260 g/mol. The Hall–Kier alpha value is -1.16. The van der Waals surface area contributed by atoms with Crippen LogP contribution in [0, 0.1) is 6.92 Å². The highest BCUT2D eigenvalue weighted by Gasteiger charge is 2.34. The van der Waals surface area contributed by atoms with E-state index < -0.39 is 0 Å². The number of likely N-dealkylation sites (tertiary alicyclic amines) is 1. The molecule has 1 aliphatic carbocycles. The van der Waals surface area contributed by atoms with Gasteiger partial charge in [0.05, 0.1) is 0 Å². The van der Waals surface area contributed by atoms with Crippen molar-refractivity contribution in [1.29, 1.82) is 0 Å². The van der Waals surface area contributed by atoms with Crippen LogP contribution in [0.4, 0.5) is 5.82 Å². The van der Waals surface area contributed by atoms with E-state index in [2.05, 4.69) is 40.1 Å². The van der Waals surface area contributed by atoms with Gasteiger partial charge in [0.25, 0.3) is 0 Å². The van der Waals surface area contributed by atoms with Gasteiger partial charge in [0.1, 0.15) is 11.6 Å². The molecule has 3 rings (SSSR count). The van der Waals surface area contributed by atoms with Gasteiger partial charge in [-0.3, -0.25) is 4.90 Å². The first-order chi connectivity index (χ1) is 9.11. The zero-order chi connectivity index (χ0) is 13.4. The summed E-state index contributed by atoms with van der Waals surface area (Å²) in [5, 5.41) is 3.60.